The van der Waals surface area contributed by atoms with Crippen LogP contribution in [-0.4, -0.2) is 11.1 Å². The highest BCUT2D eigenvalue weighted by atomic mass is 79.9. The van der Waals surface area contributed by atoms with Crippen molar-refractivity contribution in [1.82, 2.24) is 0 Å². The standard InChI is InChI=1S/C18H17BrO2/c19-17-11-9-15(10-12-17)13-16(18(20)21)8-4-7-14-5-2-1-3-6-14/h1-7,9-12,16H,8,13H2,(H,20,21). The van der Waals surface area contributed by atoms with Gasteiger partial charge in [-0.15, -0.1) is 0 Å². The lowest BCUT2D eigenvalue weighted by atomic mass is 9.96. The van der Waals surface area contributed by atoms with Gasteiger partial charge in [0.25, 0.3) is 0 Å². The molecule has 0 aromatic heterocycles. The number of hydrogen-bond acceptors (Lipinski definition) is 1. The Labute approximate surface area is 133 Å². The lowest BCUT2D eigenvalue weighted by molar-refractivity contribution is -0.141. The van der Waals surface area contributed by atoms with Crippen molar-refractivity contribution >= 4 is 28.0 Å². The maximum Gasteiger partial charge on any atom is 0.307 e. The summed E-state index contributed by atoms with van der Waals surface area (Å²) in [7, 11) is 0. The average molecular weight is 345 g/mol. The molecule has 2 aromatic rings. The molecule has 0 fully saturated rings. The van der Waals surface area contributed by atoms with E-state index in [1.54, 1.807) is 0 Å². The summed E-state index contributed by atoms with van der Waals surface area (Å²) >= 11 is 3.38. The predicted molar refractivity (Wildman–Crippen MR) is 89.1 cm³/mol. The van der Waals surface area contributed by atoms with E-state index in [-0.39, 0.29) is 0 Å². The van der Waals surface area contributed by atoms with E-state index in [1.165, 1.54) is 0 Å². The first-order chi connectivity index (χ1) is 10.1. The second kappa shape index (κ2) is 7.79. The summed E-state index contributed by atoms with van der Waals surface area (Å²) in [6.07, 6.45) is 4.98. The normalized spacial score (nSPS) is 12.4. The minimum absolute atomic E-state index is 0.397. The van der Waals surface area contributed by atoms with Gasteiger partial charge in [-0.25, -0.2) is 0 Å². The third kappa shape index (κ3) is 5.20. The quantitative estimate of drug-likeness (QED) is 0.817. The van der Waals surface area contributed by atoms with Crippen LogP contribution >= 0.6 is 15.9 Å². The fraction of sp³-hybridized carbons (Fsp3) is 0.167. The molecule has 3 heteroatoms. The molecule has 0 radical (unpaired) electrons. The van der Waals surface area contributed by atoms with E-state index in [9.17, 15) is 9.90 Å². The summed E-state index contributed by atoms with van der Waals surface area (Å²) in [5.41, 5.74) is 2.13. The molecule has 0 aliphatic carbocycles. The van der Waals surface area contributed by atoms with Gasteiger partial charge >= 0.3 is 5.97 Å². The Morgan fingerprint density at radius 1 is 1.10 bits per heavy atom. The molecule has 0 amide bonds. The van der Waals surface area contributed by atoms with Gasteiger partial charge in [0.1, 0.15) is 0 Å². The summed E-state index contributed by atoms with van der Waals surface area (Å²) in [4.78, 5) is 11.4. The maximum absolute atomic E-state index is 11.4. The number of halogens is 1. The van der Waals surface area contributed by atoms with Crippen LogP contribution in [0.5, 0.6) is 0 Å². The molecule has 1 unspecified atom stereocenters. The SMILES string of the molecule is O=C(O)C(CC=Cc1ccccc1)Cc1ccc(Br)cc1. The Balaban J connectivity index is 1.98. The molecule has 0 aliphatic rings. The van der Waals surface area contributed by atoms with Crippen molar-refractivity contribution in [1.29, 1.82) is 0 Å². The summed E-state index contributed by atoms with van der Waals surface area (Å²) < 4.78 is 1.00. The molecule has 0 spiro atoms. The monoisotopic (exact) mass is 344 g/mol. The molecule has 0 heterocycles. The Hall–Kier alpha value is -1.87. The highest BCUT2D eigenvalue weighted by Crippen LogP contribution is 2.17. The molecular weight excluding hydrogens is 328 g/mol. The summed E-state index contributed by atoms with van der Waals surface area (Å²) in [5.74, 6) is -1.15. The van der Waals surface area contributed by atoms with Crippen LogP contribution in [0.3, 0.4) is 0 Å². The molecule has 0 bridgehead atoms. The topological polar surface area (TPSA) is 37.3 Å². The van der Waals surface area contributed by atoms with Crippen LogP contribution in [-0.2, 0) is 11.2 Å². The smallest absolute Gasteiger partial charge is 0.307 e. The van der Waals surface area contributed by atoms with Crippen LogP contribution in [0, 0.1) is 5.92 Å². The van der Waals surface area contributed by atoms with Crippen LogP contribution in [0.4, 0.5) is 0 Å². The molecular formula is C18H17BrO2. The number of allylic oxidation sites excluding steroid dienone is 1. The fourth-order valence-corrected chi connectivity index (χ4v) is 2.37. The number of carboxylic acids is 1. The molecule has 0 aliphatic heterocycles. The third-order valence-corrected chi connectivity index (χ3v) is 3.80. The van der Waals surface area contributed by atoms with Crippen LogP contribution in [0.2, 0.25) is 0 Å². The Kier molecular flexibility index (Phi) is 5.76. The first-order valence-corrected chi connectivity index (χ1v) is 7.63. The molecule has 1 N–H and O–H groups in total. The van der Waals surface area contributed by atoms with Crippen LogP contribution in [0.25, 0.3) is 6.08 Å². The van der Waals surface area contributed by atoms with Gasteiger partial charge in [-0.3, -0.25) is 4.79 Å². The van der Waals surface area contributed by atoms with E-state index in [1.807, 2.05) is 66.7 Å². The van der Waals surface area contributed by atoms with Gasteiger partial charge in [0.2, 0.25) is 0 Å². The van der Waals surface area contributed by atoms with E-state index in [2.05, 4.69) is 15.9 Å². The van der Waals surface area contributed by atoms with Gasteiger partial charge in [0, 0.05) is 4.47 Å². The lowest BCUT2D eigenvalue weighted by Gasteiger charge is -2.10. The van der Waals surface area contributed by atoms with E-state index < -0.39 is 11.9 Å². The van der Waals surface area contributed by atoms with Gasteiger partial charge in [0.05, 0.1) is 5.92 Å². The van der Waals surface area contributed by atoms with E-state index in [0.717, 1.165) is 15.6 Å². The third-order valence-electron chi connectivity index (χ3n) is 3.28. The van der Waals surface area contributed by atoms with Crippen molar-refractivity contribution in [3.05, 3.63) is 76.3 Å². The van der Waals surface area contributed by atoms with E-state index >= 15 is 0 Å². The van der Waals surface area contributed by atoms with Crippen molar-refractivity contribution in [3.63, 3.8) is 0 Å². The lowest BCUT2D eigenvalue weighted by Crippen LogP contribution is -2.15. The van der Waals surface area contributed by atoms with E-state index in [4.69, 9.17) is 0 Å². The molecule has 21 heavy (non-hydrogen) atoms. The Morgan fingerprint density at radius 3 is 2.38 bits per heavy atom. The molecule has 1 atom stereocenters. The summed E-state index contributed by atoms with van der Waals surface area (Å²) in [6, 6.07) is 17.7. The molecule has 108 valence electrons. The number of carbonyl (C=O) groups is 1. The highest BCUT2D eigenvalue weighted by molar-refractivity contribution is 9.10. The van der Waals surface area contributed by atoms with Crippen molar-refractivity contribution in [3.8, 4) is 0 Å². The molecule has 2 aromatic carbocycles. The maximum atomic E-state index is 11.4. The average Bonchev–Trinajstić information content (AvgIpc) is 2.49. The number of rotatable bonds is 6. The largest absolute Gasteiger partial charge is 0.481 e. The second-order valence-electron chi connectivity index (χ2n) is 4.91. The molecule has 2 rings (SSSR count). The number of benzene rings is 2. The minimum Gasteiger partial charge on any atom is -0.481 e. The Morgan fingerprint density at radius 2 is 1.76 bits per heavy atom. The zero-order valence-electron chi connectivity index (χ0n) is 11.6. The zero-order chi connectivity index (χ0) is 15.1. The first kappa shape index (κ1) is 15.5. The number of hydrogen-bond donors (Lipinski definition) is 1. The van der Waals surface area contributed by atoms with Gasteiger partial charge < -0.3 is 5.11 Å². The second-order valence-corrected chi connectivity index (χ2v) is 5.83. The Bertz CT molecular complexity index is 603. The van der Waals surface area contributed by atoms with Crippen LogP contribution < -0.4 is 0 Å². The highest BCUT2D eigenvalue weighted by Gasteiger charge is 2.16. The first-order valence-electron chi connectivity index (χ1n) is 6.84. The van der Waals surface area contributed by atoms with Gasteiger partial charge in [-0.05, 0) is 36.1 Å². The minimum atomic E-state index is -0.754. The van der Waals surface area contributed by atoms with Crippen molar-refractivity contribution in [2.75, 3.05) is 0 Å². The zero-order valence-corrected chi connectivity index (χ0v) is 13.2. The van der Waals surface area contributed by atoms with Crippen LogP contribution in [0.1, 0.15) is 17.5 Å². The number of aliphatic carboxylic acids is 1. The molecule has 0 saturated carbocycles. The van der Waals surface area contributed by atoms with Crippen LogP contribution in [0.15, 0.2) is 65.1 Å². The van der Waals surface area contributed by atoms with Gasteiger partial charge in [0.15, 0.2) is 0 Å². The van der Waals surface area contributed by atoms with Crippen molar-refractivity contribution < 1.29 is 9.90 Å². The van der Waals surface area contributed by atoms with Gasteiger partial charge in [-0.1, -0.05) is 70.5 Å². The van der Waals surface area contributed by atoms with Crippen molar-refractivity contribution in [2.45, 2.75) is 12.8 Å². The molecule has 2 nitrogen and oxygen atoms in total. The van der Waals surface area contributed by atoms with Crippen molar-refractivity contribution in [2.24, 2.45) is 5.92 Å². The predicted octanol–water partition coefficient (Wildman–Crippen LogP) is 4.80. The summed E-state index contributed by atoms with van der Waals surface area (Å²) in [5, 5.41) is 9.34. The van der Waals surface area contributed by atoms with E-state index in [0.29, 0.717) is 12.8 Å². The fourth-order valence-electron chi connectivity index (χ4n) is 2.11. The van der Waals surface area contributed by atoms with Gasteiger partial charge in [-0.2, -0.15) is 0 Å². The summed E-state index contributed by atoms with van der Waals surface area (Å²) in [6.45, 7) is 0. The molecule has 0 saturated heterocycles. The number of carboxylic acid groups (broad SMARTS) is 1.